The predicted molar refractivity (Wildman–Crippen MR) is 79.8 cm³/mol. The summed E-state index contributed by atoms with van der Waals surface area (Å²) in [6, 6.07) is 2.41. The molecule has 1 aliphatic carbocycles. The monoisotopic (exact) mass is 398 g/mol. The topological polar surface area (TPSA) is 68.3 Å². The van der Waals surface area contributed by atoms with E-state index in [0.717, 1.165) is 7.11 Å². The average molecular weight is 398 g/mol. The molecule has 5 nitrogen and oxygen atoms in total. The molecule has 1 amide bonds. The highest BCUT2D eigenvalue weighted by Gasteiger charge is 2.52. The van der Waals surface area contributed by atoms with Gasteiger partial charge in [0.25, 0.3) is 5.91 Å². The normalized spacial score (nSPS) is 23.6. The Morgan fingerprint density at radius 1 is 1.00 bits per heavy atom. The van der Waals surface area contributed by atoms with Crippen LogP contribution in [0.1, 0.15) is 40.2 Å². The van der Waals surface area contributed by atoms with Crippen LogP contribution in [0.15, 0.2) is 18.2 Å². The minimum atomic E-state index is -4.80. The van der Waals surface area contributed by atoms with Crippen molar-refractivity contribution in [2.24, 2.45) is 11.8 Å². The third kappa shape index (κ3) is 5.33. The van der Waals surface area contributed by atoms with Crippen molar-refractivity contribution in [2.45, 2.75) is 37.7 Å². The Bertz CT molecular complexity index is 682. The van der Waals surface area contributed by atoms with E-state index >= 15 is 0 Å². The van der Waals surface area contributed by atoms with Gasteiger partial charge in [-0.05, 0) is 31.4 Å². The first-order valence-electron chi connectivity index (χ1n) is 7.91. The lowest BCUT2D eigenvalue weighted by atomic mass is 9.77. The van der Waals surface area contributed by atoms with Gasteiger partial charge in [0, 0.05) is 6.04 Å². The zero-order chi connectivity index (χ0) is 20.4. The van der Waals surface area contributed by atoms with Crippen molar-refractivity contribution >= 4 is 11.9 Å². The molecule has 1 heterocycles. The number of nitrogens with one attached hydrogen (secondary N) is 1. The number of alkyl halides is 6. The smallest absolute Gasteiger partial charge is 0.391 e. The molecule has 0 radical (unpaired) electrons. The number of rotatable bonds is 3. The van der Waals surface area contributed by atoms with Crippen LogP contribution < -0.4 is 5.32 Å². The van der Waals surface area contributed by atoms with E-state index in [9.17, 15) is 35.9 Å². The fourth-order valence-electron chi connectivity index (χ4n) is 3.01. The van der Waals surface area contributed by atoms with Crippen LogP contribution in [0.25, 0.3) is 0 Å². The number of ether oxygens (including phenoxy) is 1. The third-order valence-corrected chi connectivity index (χ3v) is 4.34. The van der Waals surface area contributed by atoms with Gasteiger partial charge in [-0.15, -0.1) is 0 Å². The van der Waals surface area contributed by atoms with Gasteiger partial charge in [0.15, 0.2) is 0 Å². The number of esters is 1. The number of amides is 1. The molecule has 27 heavy (non-hydrogen) atoms. The minimum Gasteiger partial charge on any atom is -0.464 e. The summed E-state index contributed by atoms with van der Waals surface area (Å²) >= 11 is 0. The van der Waals surface area contributed by atoms with Crippen molar-refractivity contribution in [1.82, 2.24) is 10.3 Å². The van der Waals surface area contributed by atoms with E-state index in [1.54, 1.807) is 0 Å². The second kappa shape index (κ2) is 7.73. The summed E-state index contributed by atoms with van der Waals surface area (Å²) < 4.78 is 82.3. The van der Waals surface area contributed by atoms with Crippen LogP contribution in [0.5, 0.6) is 0 Å². The van der Waals surface area contributed by atoms with Crippen LogP contribution in [-0.4, -0.2) is 42.4 Å². The largest absolute Gasteiger partial charge is 0.464 e. The first kappa shape index (κ1) is 21.0. The van der Waals surface area contributed by atoms with Crippen LogP contribution in [0.3, 0.4) is 0 Å². The SMILES string of the molecule is COC(=O)c1cccc(C(=O)NC2C[C@H](C(F)(F)F)C[C@@H](C(F)(F)F)C2)n1. The Hall–Kier alpha value is -2.33. The second-order valence-corrected chi connectivity index (χ2v) is 6.25. The highest BCUT2D eigenvalue weighted by atomic mass is 19.4. The molecule has 150 valence electrons. The van der Waals surface area contributed by atoms with Gasteiger partial charge in [-0.3, -0.25) is 4.79 Å². The van der Waals surface area contributed by atoms with Gasteiger partial charge in [-0.2, -0.15) is 26.3 Å². The molecule has 0 aromatic carbocycles. The van der Waals surface area contributed by atoms with Gasteiger partial charge >= 0.3 is 18.3 Å². The fourth-order valence-corrected chi connectivity index (χ4v) is 3.01. The molecule has 1 fully saturated rings. The van der Waals surface area contributed by atoms with E-state index in [4.69, 9.17) is 0 Å². The number of carbonyl (C=O) groups is 2. The third-order valence-electron chi connectivity index (χ3n) is 4.34. The van der Waals surface area contributed by atoms with Gasteiger partial charge < -0.3 is 10.1 Å². The lowest BCUT2D eigenvalue weighted by Gasteiger charge is -2.36. The standard InChI is InChI=1S/C16H16F6N2O3/c1-27-14(26)12-4-2-3-11(24-12)13(25)23-10-6-8(15(17,18)19)5-9(7-10)16(20,21)22/h2-4,8-10H,5-7H2,1H3,(H,23,25)/t8-,9-/m1/s1. The van der Waals surface area contributed by atoms with Gasteiger partial charge in [0.05, 0.1) is 18.9 Å². The van der Waals surface area contributed by atoms with Crippen molar-refractivity contribution in [2.75, 3.05) is 7.11 Å². The summed E-state index contributed by atoms with van der Waals surface area (Å²) in [6.45, 7) is 0. The van der Waals surface area contributed by atoms with Gasteiger partial charge in [-0.1, -0.05) is 6.07 Å². The number of hydrogen-bond acceptors (Lipinski definition) is 4. The molecule has 1 aliphatic rings. The molecule has 2 rings (SSSR count). The molecule has 0 saturated heterocycles. The summed E-state index contributed by atoms with van der Waals surface area (Å²) in [6.07, 6.45) is -12.0. The number of carbonyl (C=O) groups excluding carboxylic acids is 2. The summed E-state index contributed by atoms with van der Waals surface area (Å²) in [4.78, 5) is 27.3. The molecule has 0 bridgehead atoms. The van der Waals surface area contributed by atoms with Gasteiger partial charge in [0.1, 0.15) is 11.4 Å². The van der Waals surface area contributed by atoms with Crippen molar-refractivity contribution in [3.63, 3.8) is 0 Å². The van der Waals surface area contributed by atoms with Crippen molar-refractivity contribution in [3.05, 3.63) is 29.6 Å². The maximum Gasteiger partial charge on any atom is 0.391 e. The van der Waals surface area contributed by atoms with Crippen LogP contribution in [-0.2, 0) is 4.74 Å². The maximum atomic E-state index is 13.0. The van der Waals surface area contributed by atoms with E-state index in [0.29, 0.717) is 0 Å². The molecule has 0 aliphatic heterocycles. The van der Waals surface area contributed by atoms with E-state index in [-0.39, 0.29) is 11.4 Å². The highest BCUT2D eigenvalue weighted by Crippen LogP contribution is 2.45. The maximum absolute atomic E-state index is 13.0. The summed E-state index contributed by atoms with van der Waals surface area (Å²) in [5.74, 6) is -6.14. The van der Waals surface area contributed by atoms with E-state index in [2.05, 4.69) is 15.0 Å². The molecule has 0 unspecified atom stereocenters. The quantitative estimate of drug-likeness (QED) is 0.625. The summed E-state index contributed by atoms with van der Waals surface area (Å²) in [7, 11) is 1.09. The predicted octanol–water partition coefficient (Wildman–Crippen LogP) is 3.51. The fraction of sp³-hybridized carbons (Fsp3) is 0.562. The van der Waals surface area contributed by atoms with Crippen molar-refractivity contribution in [1.29, 1.82) is 0 Å². The van der Waals surface area contributed by atoms with Crippen molar-refractivity contribution in [3.8, 4) is 0 Å². The summed E-state index contributed by atoms with van der Waals surface area (Å²) in [5.41, 5.74) is -0.522. The number of methoxy groups -OCH3 is 1. The molecule has 0 spiro atoms. The van der Waals surface area contributed by atoms with Gasteiger partial charge in [0.2, 0.25) is 0 Å². The molecule has 1 aromatic heterocycles. The molecule has 1 N–H and O–H groups in total. The highest BCUT2D eigenvalue weighted by molar-refractivity contribution is 5.94. The molecular weight excluding hydrogens is 382 g/mol. The number of nitrogens with zero attached hydrogens (tertiary/aromatic N) is 1. The lowest BCUT2D eigenvalue weighted by molar-refractivity contribution is -0.225. The average Bonchev–Trinajstić information content (AvgIpc) is 2.59. The van der Waals surface area contributed by atoms with Gasteiger partial charge in [-0.25, -0.2) is 9.78 Å². The molecular formula is C16H16F6N2O3. The number of pyridine rings is 1. The first-order chi connectivity index (χ1) is 12.4. The Balaban J connectivity index is 2.16. The van der Waals surface area contributed by atoms with E-state index < -0.39 is 61.4 Å². The van der Waals surface area contributed by atoms with Crippen LogP contribution in [0, 0.1) is 11.8 Å². The number of hydrogen-bond donors (Lipinski definition) is 1. The Kier molecular flexibility index (Phi) is 6.01. The number of halogens is 6. The minimum absolute atomic E-state index is 0.213. The Labute approximate surface area is 150 Å². The number of aromatic nitrogens is 1. The summed E-state index contributed by atoms with van der Waals surface area (Å²) in [5, 5.41) is 2.17. The van der Waals surface area contributed by atoms with E-state index in [1.165, 1.54) is 18.2 Å². The zero-order valence-electron chi connectivity index (χ0n) is 14.0. The van der Waals surface area contributed by atoms with Crippen LogP contribution in [0.4, 0.5) is 26.3 Å². The van der Waals surface area contributed by atoms with Crippen LogP contribution >= 0.6 is 0 Å². The Morgan fingerprint density at radius 2 is 1.52 bits per heavy atom. The lowest BCUT2D eigenvalue weighted by Crippen LogP contribution is -2.47. The second-order valence-electron chi connectivity index (χ2n) is 6.25. The van der Waals surface area contributed by atoms with Crippen LogP contribution in [0.2, 0.25) is 0 Å². The molecule has 1 saturated carbocycles. The molecule has 1 aromatic rings. The zero-order valence-corrected chi connectivity index (χ0v) is 14.0. The molecule has 11 heteroatoms. The van der Waals surface area contributed by atoms with Crippen molar-refractivity contribution < 1.29 is 40.7 Å². The molecule has 2 atom stereocenters. The first-order valence-corrected chi connectivity index (χ1v) is 7.91. The Morgan fingerprint density at radius 3 is 2.00 bits per heavy atom. The van der Waals surface area contributed by atoms with E-state index in [1.807, 2.05) is 0 Å².